The number of hydrogen-bond donors (Lipinski definition) is 1. The molecule has 2 aliphatic rings. The van der Waals surface area contributed by atoms with E-state index in [1.165, 1.54) is 18.2 Å². The number of nitrogens with zero attached hydrogens (tertiary/aromatic N) is 4. The zero-order chi connectivity index (χ0) is 32.1. The van der Waals surface area contributed by atoms with Crippen molar-refractivity contribution in [2.24, 2.45) is 0 Å². The van der Waals surface area contributed by atoms with Gasteiger partial charge in [-0.3, -0.25) is 14.6 Å². The summed E-state index contributed by atoms with van der Waals surface area (Å²) in [6.45, 7) is 2.18. The smallest absolute Gasteiger partial charge is 0.261 e. The molecular weight excluding hydrogens is 622 g/mol. The molecule has 1 N–H and O–H groups in total. The first kappa shape index (κ1) is 29.8. The third-order valence-corrected chi connectivity index (χ3v) is 9.34. The van der Waals surface area contributed by atoms with Crippen LogP contribution in [0.3, 0.4) is 0 Å². The standard InChI is InChI=1S/C33H25F4N5O3S/c1-16-40-41-32(45-16)27-23(9-6-18-5-7-19(34)14-21(18)36)39-30-24-3-2-12-42(24)33(44)29(30)28(27)25-10-11-26(46-25)31(43)38-15-17-4-8-20(35)22(37)13-17/h4-5,7-8,10-11,13-14,24H,2-3,6,9,12,15H2,1H3,(H,38,43). The lowest BCUT2D eigenvalue weighted by Gasteiger charge is -2.16. The normalized spacial score (nSPS) is 15.4. The lowest BCUT2D eigenvalue weighted by molar-refractivity contribution is 0.0776. The fourth-order valence-electron chi connectivity index (χ4n) is 6.10. The quantitative estimate of drug-likeness (QED) is 0.188. The lowest BCUT2D eigenvalue weighted by Crippen LogP contribution is -2.23. The highest BCUT2D eigenvalue weighted by Gasteiger charge is 2.44. The summed E-state index contributed by atoms with van der Waals surface area (Å²) in [7, 11) is 0. The van der Waals surface area contributed by atoms with E-state index in [1.54, 1.807) is 24.0 Å². The van der Waals surface area contributed by atoms with Crippen molar-refractivity contribution >= 4 is 23.2 Å². The number of nitrogens with one attached hydrogen (secondary N) is 1. The molecule has 0 spiro atoms. The van der Waals surface area contributed by atoms with Crippen LogP contribution in [0.4, 0.5) is 17.6 Å². The summed E-state index contributed by atoms with van der Waals surface area (Å²) in [6.07, 6.45) is 1.96. The first-order valence-corrected chi connectivity index (χ1v) is 15.4. The lowest BCUT2D eigenvalue weighted by atomic mass is 9.93. The number of hydrogen-bond acceptors (Lipinski definition) is 7. The van der Waals surface area contributed by atoms with Crippen molar-refractivity contribution in [3.8, 4) is 21.9 Å². The second-order valence-corrected chi connectivity index (χ2v) is 12.3. The van der Waals surface area contributed by atoms with Gasteiger partial charge in [-0.15, -0.1) is 21.5 Å². The first-order valence-electron chi connectivity index (χ1n) is 14.6. The Hall–Kier alpha value is -4.91. The van der Waals surface area contributed by atoms with Crippen molar-refractivity contribution in [2.75, 3.05) is 6.54 Å². The number of fused-ring (bicyclic) bond motifs is 3. The molecule has 2 aromatic carbocycles. The maximum atomic E-state index is 14.6. The largest absolute Gasteiger partial charge is 0.421 e. The minimum atomic E-state index is -1.01. The van der Waals surface area contributed by atoms with Gasteiger partial charge in [-0.05, 0) is 67.1 Å². The Morgan fingerprint density at radius 3 is 2.59 bits per heavy atom. The summed E-state index contributed by atoms with van der Waals surface area (Å²) >= 11 is 1.14. The average molecular weight is 648 g/mol. The van der Waals surface area contributed by atoms with E-state index in [9.17, 15) is 27.2 Å². The monoisotopic (exact) mass is 647 g/mol. The van der Waals surface area contributed by atoms with Gasteiger partial charge in [0.25, 0.3) is 11.8 Å². The number of aromatic nitrogens is 3. The summed E-state index contributed by atoms with van der Waals surface area (Å²) in [5, 5.41) is 11.0. The molecule has 3 aromatic heterocycles. The molecule has 234 valence electrons. The first-order chi connectivity index (χ1) is 22.2. The summed E-state index contributed by atoms with van der Waals surface area (Å²) in [5.74, 6) is -3.57. The van der Waals surface area contributed by atoms with E-state index >= 15 is 0 Å². The fraction of sp³-hybridized carbons (Fsp3) is 0.242. The highest BCUT2D eigenvalue weighted by molar-refractivity contribution is 7.17. The number of benzene rings is 2. The predicted octanol–water partition coefficient (Wildman–Crippen LogP) is 6.73. The summed E-state index contributed by atoms with van der Waals surface area (Å²) < 4.78 is 61.1. The van der Waals surface area contributed by atoms with E-state index in [1.807, 2.05) is 0 Å². The van der Waals surface area contributed by atoms with Crippen molar-refractivity contribution < 1.29 is 31.6 Å². The zero-order valence-corrected chi connectivity index (χ0v) is 25.2. The van der Waals surface area contributed by atoms with Crippen molar-refractivity contribution in [2.45, 2.75) is 45.2 Å². The number of amides is 2. The molecule has 0 aliphatic carbocycles. The van der Waals surface area contributed by atoms with Gasteiger partial charge in [-0.25, -0.2) is 17.6 Å². The fourth-order valence-corrected chi connectivity index (χ4v) is 7.08. The Balaban J connectivity index is 1.31. The molecule has 0 radical (unpaired) electrons. The number of thiophene rings is 1. The molecule has 0 saturated carbocycles. The molecule has 1 atom stereocenters. The van der Waals surface area contributed by atoms with E-state index < -0.39 is 29.2 Å². The third-order valence-electron chi connectivity index (χ3n) is 8.24. The molecule has 5 aromatic rings. The molecule has 1 unspecified atom stereocenters. The Labute approximate surface area is 264 Å². The minimum absolute atomic E-state index is 0.0281. The van der Waals surface area contributed by atoms with E-state index in [2.05, 4.69) is 15.5 Å². The van der Waals surface area contributed by atoms with Crippen LogP contribution >= 0.6 is 11.3 Å². The third kappa shape index (κ3) is 5.34. The van der Waals surface area contributed by atoms with Gasteiger partial charge in [0, 0.05) is 36.5 Å². The molecular formula is C33H25F4N5O3S. The van der Waals surface area contributed by atoms with Gasteiger partial charge in [0.05, 0.1) is 33.4 Å². The van der Waals surface area contributed by atoms with Gasteiger partial charge >= 0.3 is 0 Å². The number of pyridine rings is 1. The van der Waals surface area contributed by atoms with Crippen LogP contribution in [0.2, 0.25) is 0 Å². The number of carbonyl (C=O) groups is 2. The van der Waals surface area contributed by atoms with Gasteiger partial charge in [-0.2, -0.15) is 0 Å². The van der Waals surface area contributed by atoms with E-state index in [0.717, 1.165) is 42.4 Å². The topological polar surface area (TPSA) is 101 Å². The van der Waals surface area contributed by atoms with Crippen LogP contribution in [0.15, 0.2) is 52.9 Å². The number of carbonyl (C=O) groups excluding carboxylic acids is 2. The van der Waals surface area contributed by atoms with E-state index in [4.69, 9.17) is 9.40 Å². The van der Waals surface area contributed by atoms with Crippen LogP contribution in [0.1, 0.15) is 67.3 Å². The average Bonchev–Trinajstić information content (AvgIpc) is 3.84. The molecule has 13 heteroatoms. The predicted molar refractivity (Wildman–Crippen MR) is 160 cm³/mol. The van der Waals surface area contributed by atoms with Gasteiger partial charge in [0.15, 0.2) is 11.6 Å². The van der Waals surface area contributed by atoms with Crippen LogP contribution in [0.25, 0.3) is 21.9 Å². The molecule has 8 nitrogen and oxygen atoms in total. The van der Waals surface area contributed by atoms with Crippen LogP contribution in [0.5, 0.6) is 0 Å². The maximum Gasteiger partial charge on any atom is 0.261 e. The van der Waals surface area contributed by atoms with Crippen molar-refractivity contribution in [3.05, 3.63) is 111 Å². The number of aryl methyl sites for hydroxylation is 3. The molecule has 1 saturated heterocycles. The summed E-state index contributed by atoms with van der Waals surface area (Å²) in [6, 6.07) is 9.93. The van der Waals surface area contributed by atoms with Gasteiger partial charge in [-0.1, -0.05) is 12.1 Å². The van der Waals surface area contributed by atoms with Crippen LogP contribution in [-0.4, -0.2) is 38.4 Å². The second-order valence-electron chi connectivity index (χ2n) is 11.2. The highest BCUT2D eigenvalue weighted by Crippen LogP contribution is 2.49. The van der Waals surface area contributed by atoms with E-state index in [-0.39, 0.29) is 43.1 Å². The molecule has 5 heterocycles. The number of rotatable bonds is 8. The summed E-state index contributed by atoms with van der Waals surface area (Å²) in [4.78, 5) is 34.7. The maximum absolute atomic E-state index is 14.6. The molecule has 2 amide bonds. The Morgan fingerprint density at radius 2 is 1.83 bits per heavy atom. The highest BCUT2D eigenvalue weighted by atomic mass is 32.1. The van der Waals surface area contributed by atoms with Gasteiger partial charge < -0.3 is 14.6 Å². The molecule has 1 fully saturated rings. The van der Waals surface area contributed by atoms with E-state index in [0.29, 0.717) is 55.5 Å². The Kier molecular flexibility index (Phi) is 7.63. The van der Waals surface area contributed by atoms with Gasteiger partial charge in [0.1, 0.15) is 11.6 Å². The second kappa shape index (κ2) is 11.8. The molecule has 7 rings (SSSR count). The number of halogens is 4. The van der Waals surface area contributed by atoms with Crippen LogP contribution in [-0.2, 0) is 19.4 Å². The SMILES string of the molecule is Cc1nnc(-c2c(CCc3ccc(F)cc3F)nc3c(c2-c2ccc(C(=O)NCc4ccc(F)c(F)c4)s2)C(=O)N2CCCC32)o1. The Bertz CT molecular complexity index is 2030. The summed E-state index contributed by atoms with van der Waals surface area (Å²) in [5.41, 5.74) is 3.08. The van der Waals surface area contributed by atoms with Gasteiger partial charge in [0.2, 0.25) is 11.8 Å². The zero-order valence-electron chi connectivity index (χ0n) is 24.4. The molecule has 0 bridgehead atoms. The molecule has 2 aliphatic heterocycles. The van der Waals surface area contributed by atoms with Crippen molar-refractivity contribution in [3.63, 3.8) is 0 Å². The minimum Gasteiger partial charge on any atom is -0.421 e. The Morgan fingerprint density at radius 1 is 0.978 bits per heavy atom. The van der Waals surface area contributed by atoms with Crippen LogP contribution in [0, 0.1) is 30.2 Å². The van der Waals surface area contributed by atoms with Crippen molar-refractivity contribution in [1.29, 1.82) is 0 Å². The van der Waals surface area contributed by atoms with Crippen LogP contribution < -0.4 is 5.32 Å². The molecule has 46 heavy (non-hydrogen) atoms. The van der Waals surface area contributed by atoms with Crippen molar-refractivity contribution in [1.82, 2.24) is 25.4 Å².